The summed E-state index contributed by atoms with van der Waals surface area (Å²) in [5.74, 6) is 0.910. The molecule has 3 aliphatic rings. The molecule has 2 aliphatic heterocycles. The fourth-order valence-electron chi connectivity index (χ4n) is 5.30. The predicted octanol–water partition coefficient (Wildman–Crippen LogP) is 3.98. The molecule has 0 radical (unpaired) electrons. The highest BCUT2D eigenvalue weighted by Gasteiger charge is 2.44. The van der Waals surface area contributed by atoms with Crippen LogP contribution in [-0.4, -0.2) is 30.4 Å². The van der Waals surface area contributed by atoms with Crippen molar-refractivity contribution in [2.75, 3.05) is 25.0 Å². The van der Waals surface area contributed by atoms with Crippen molar-refractivity contribution < 1.29 is 4.79 Å². The fourth-order valence-corrected chi connectivity index (χ4v) is 5.30. The third-order valence-corrected chi connectivity index (χ3v) is 6.97. The zero-order chi connectivity index (χ0) is 18.0. The molecule has 1 saturated carbocycles. The smallest absolute Gasteiger partial charge is 0.226 e. The maximum absolute atomic E-state index is 13.2. The lowest BCUT2D eigenvalue weighted by Crippen LogP contribution is -2.47. The average Bonchev–Trinajstić information content (AvgIpc) is 3.15. The molecule has 1 aromatic carbocycles. The summed E-state index contributed by atoms with van der Waals surface area (Å²) in [6, 6.07) is 11.0. The van der Waals surface area contributed by atoms with E-state index >= 15 is 0 Å². The van der Waals surface area contributed by atoms with E-state index in [2.05, 4.69) is 29.6 Å². The topological polar surface area (TPSA) is 56.1 Å². The maximum Gasteiger partial charge on any atom is 0.226 e. The molecule has 1 aromatic rings. The minimum atomic E-state index is -0.176. The summed E-state index contributed by atoms with van der Waals surface area (Å²) in [6.07, 6.45) is 8.37. The Balaban J connectivity index is 1.41. The number of rotatable bonds is 2. The van der Waals surface area contributed by atoms with E-state index in [0.29, 0.717) is 11.8 Å². The molecule has 4 rings (SSSR count). The van der Waals surface area contributed by atoms with Gasteiger partial charge in [0, 0.05) is 31.2 Å². The second-order valence-corrected chi connectivity index (χ2v) is 8.35. The first-order valence-electron chi connectivity index (χ1n) is 10.2. The van der Waals surface area contributed by atoms with E-state index in [9.17, 15) is 10.1 Å². The summed E-state index contributed by atoms with van der Waals surface area (Å²) < 4.78 is 0. The molecule has 138 valence electrons. The van der Waals surface area contributed by atoms with Gasteiger partial charge in [-0.3, -0.25) is 4.79 Å². The lowest BCUT2D eigenvalue weighted by Gasteiger charge is -2.41. The van der Waals surface area contributed by atoms with Gasteiger partial charge in [-0.2, -0.15) is 5.26 Å². The number of para-hydroxylation sites is 1. The van der Waals surface area contributed by atoms with Crippen molar-refractivity contribution in [3.63, 3.8) is 0 Å². The van der Waals surface area contributed by atoms with E-state index in [-0.39, 0.29) is 11.3 Å². The minimum absolute atomic E-state index is 0.0622. The van der Waals surface area contributed by atoms with Crippen molar-refractivity contribution in [3.05, 3.63) is 29.8 Å². The summed E-state index contributed by atoms with van der Waals surface area (Å²) in [4.78, 5) is 15.2. The molecule has 0 aromatic heterocycles. The largest absolute Gasteiger partial charge is 0.385 e. The highest BCUT2D eigenvalue weighted by atomic mass is 16.2. The Labute approximate surface area is 156 Å². The molecule has 2 heterocycles. The number of carbonyl (C=O) groups is 1. The predicted molar refractivity (Wildman–Crippen MR) is 103 cm³/mol. The number of likely N-dealkylation sites (tertiary alicyclic amines) is 1. The van der Waals surface area contributed by atoms with Crippen LogP contribution in [0.1, 0.15) is 50.5 Å². The first-order chi connectivity index (χ1) is 12.7. The zero-order valence-corrected chi connectivity index (χ0v) is 15.5. The Bertz CT molecular complexity index is 694. The van der Waals surface area contributed by atoms with Crippen molar-refractivity contribution in [3.8, 4) is 6.07 Å². The van der Waals surface area contributed by atoms with Crippen LogP contribution in [0.3, 0.4) is 0 Å². The van der Waals surface area contributed by atoms with Crippen LogP contribution < -0.4 is 5.32 Å². The summed E-state index contributed by atoms with van der Waals surface area (Å²) >= 11 is 0. The number of piperidine rings is 1. The highest BCUT2D eigenvalue weighted by Crippen LogP contribution is 2.46. The molecule has 4 nitrogen and oxygen atoms in total. The van der Waals surface area contributed by atoms with Crippen molar-refractivity contribution in [2.45, 2.75) is 51.4 Å². The van der Waals surface area contributed by atoms with Crippen molar-refractivity contribution in [1.82, 2.24) is 4.90 Å². The molecule has 26 heavy (non-hydrogen) atoms. The molecular weight excluding hydrogens is 322 g/mol. The van der Waals surface area contributed by atoms with Gasteiger partial charge >= 0.3 is 0 Å². The second kappa shape index (κ2) is 7.31. The Hall–Kier alpha value is -2.02. The van der Waals surface area contributed by atoms with E-state index in [1.807, 2.05) is 11.0 Å². The number of nitriles is 1. The Morgan fingerprint density at radius 2 is 1.88 bits per heavy atom. The van der Waals surface area contributed by atoms with Gasteiger partial charge in [0.05, 0.1) is 11.5 Å². The summed E-state index contributed by atoms with van der Waals surface area (Å²) in [6.45, 7) is 2.37. The number of carbonyl (C=O) groups excluding carboxylic acids is 1. The van der Waals surface area contributed by atoms with Gasteiger partial charge in [-0.15, -0.1) is 0 Å². The van der Waals surface area contributed by atoms with E-state index in [0.717, 1.165) is 45.3 Å². The first-order valence-corrected chi connectivity index (χ1v) is 10.2. The van der Waals surface area contributed by atoms with Crippen molar-refractivity contribution in [1.29, 1.82) is 5.26 Å². The normalized spacial score (nSPS) is 25.7. The van der Waals surface area contributed by atoms with Crippen LogP contribution in [0.5, 0.6) is 0 Å². The molecule has 1 atom stereocenters. The molecule has 2 fully saturated rings. The summed E-state index contributed by atoms with van der Waals surface area (Å²) in [7, 11) is 0. The molecule has 1 aliphatic carbocycles. The fraction of sp³-hybridized carbons (Fsp3) is 0.636. The number of anilines is 1. The summed E-state index contributed by atoms with van der Waals surface area (Å²) in [5, 5.41) is 13.3. The molecule has 1 saturated heterocycles. The van der Waals surface area contributed by atoms with E-state index in [4.69, 9.17) is 0 Å². The number of fused-ring (bicyclic) bond motifs is 1. The number of hydrogen-bond acceptors (Lipinski definition) is 3. The molecule has 1 amide bonds. The van der Waals surface area contributed by atoms with Crippen LogP contribution in [0.2, 0.25) is 0 Å². The van der Waals surface area contributed by atoms with Gasteiger partial charge < -0.3 is 10.2 Å². The molecule has 4 heteroatoms. The summed E-state index contributed by atoms with van der Waals surface area (Å²) in [5.41, 5.74) is 2.24. The number of amides is 1. The van der Waals surface area contributed by atoms with E-state index < -0.39 is 0 Å². The van der Waals surface area contributed by atoms with Crippen molar-refractivity contribution in [2.24, 2.45) is 17.3 Å². The van der Waals surface area contributed by atoms with Crippen LogP contribution >= 0.6 is 0 Å². The molecular formula is C22H29N3O. The molecule has 1 unspecified atom stereocenters. The lowest BCUT2D eigenvalue weighted by atomic mass is 9.69. The van der Waals surface area contributed by atoms with Gasteiger partial charge in [0.1, 0.15) is 0 Å². The van der Waals surface area contributed by atoms with Crippen LogP contribution in [0.15, 0.2) is 24.3 Å². The number of benzene rings is 1. The van der Waals surface area contributed by atoms with Crippen LogP contribution in [-0.2, 0) is 11.2 Å². The third-order valence-electron chi connectivity index (χ3n) is 6.97. The van der Waals surface area contributed by atoms with Gasteiger partial charge in [0.15, 0.2) is 0 Å². The Morgan fingerprint density at radius 3 is 2.62 bits per heavy atom. The Morgan fingerprint density at radius 1 is 1.15 bits per heavy atom. The van der Waals surface area contributed by atoms with Gasteiger partial charge in [-0.1, -0.05) is 31.0 Å². The minimum Gasteiger partial charge on any atom is -0.385 e. The Kier molecular flexibility index (Phi) is 4.89. The molecule has 0 bridgehead atoms. The number of nitrogens with one attached hydrogen (secondary N) is 1. The second-order valence-electron chi connectivity index (χ2n) is 8.35. The van der Waals surface area contributed by atoms with Gasteiger partial charge in [0.2, 0.25) is 5.91 Å². The lowest BCUT2D eigenvalue weighted by molar-refractivity contribution is -0.138. The average molecular weight is 351 g/mol. The molecule has 0 spiro atoms. The number of nitrogens with zero attached hydrogens (tertiary/aromatic N) is 2. The van der Waals surface area contributed by atoms with E-state index in [1.54, 1.807) is 0 Å². The van der Waals surface area contributed by atoms with Crippen LogP contribution in [0.4, 0.5) is 5.69 Å². The van der Waals surface area contributed by atoms with Gasteiger partial charge in [0.25, 0.3) is 0 Å². The standard InChI is InChI=1S/C22H29N3O/c23-16-22(19-6-2-3-7-19)10-13-25(14-11-22)21(26)18-9-12-24-20-8-4-1-5-17(20)15-18/h1,4-5,8,18-19,24H,2-3,6-7,9-15H2. The van der Waals surface area contributed by atoms with Gasteiger partial charge in [-0.25, -0.2) is 0 Å². The first kappa shape index (κ1) is 17.4. The van der Waals surface area contributed by atoms with Crippen LogP contribution in [0.25, 0.3) is 0 Å². The SMILES string of the molecule is N#CC1(C2CCCC2)CCN(C(=O)C2CCNc3ccccc3C2)CC1. The third kappa shape index (κ3) is 3.20. The van der Waals surface area contributed by atoms with E-state index in [1.165, 1.54) is 36.9 Å². The number of hydrogen-bond donors (Lipinski definition) is 1. The highest BCUT2D eigenvalue weighted by molar-refractivity contribution is 5.80. The van der Waals surface area contributed by atoms with Crippen LogP contribution in [0, 0.1) is 28.6 Å². The quantitative estimate of drug-likeness (QED) is 0.877. The monoisotopic (exact) mass is 351 g/mol. The van der Waals surface area contributed by atoms with Gasteiger partial charge in [-0.05, 0) is 56.1 Å². The maximum atomic E-state index is 13.2. The zero-order valence-electron chi connectivity index (χ0n) is 15.5. The van der Waals surface area contributed by atoms with Crippen molar-refractivity contribution >= 4 is 11.6 Å². The molecule has 1 N–H and O–H groups in total.